The van der Waals surface area contributed by atoms with Gasteiger partial charge in [0, 0.05) is 17.0 Å². The molecule has 0 spiro atoms. The van der Waals surface area contributed by atoms with Gasteiger partial charge in [0.25, 0.3) is 5.91 Å². The van der Waals surface area contributed by atoms with Crippen LogP contribution in [-0.2, 0) is 0 Å². The van der Waals surface area contributed by atoms with E-state index in [1.165, 1.54) is 24.5 Å². The topological polar surface area (TPSA) is 113 Å². The molecule has 1 amide bonds. The molecule has 0 atom stereocenters. The molecule has 11 heteroatoms. The lowest BCUT2D eigenvalue weighted by atomic mass is 10.1. The van der Waals surface area contributed by atoms with Crippen molar-refractivity contribution in [3.63, 3.8) is 0 Å². The summed E-state index contributed by atoms with van der Waals surface area (Å²) in [6.07, 6.45) is 1.19. The van der Waals surface area contributed by atoms with Gasteiger partial charge in [-0.2, -0.15) is 0 Å². The maximum atomic E-state index is 12.5. The summed E-state index contributed by atoms with van der Waals surface area (Å²) < 4.78 is 0. The van der Waals surface area contributed by atoms with Crippen molar-refractivity contribution < 1.29 is 9.72 Å². The highest BCUT2D eigenvalue weighted by molar-refractivity contribution is 6.36. The van der Waals surface area contributed by atoms with Crippen LogP contribution < -0.4 is 15.8 Å². The summed E-state index contributed by atoms with van der Waals surface area (Å²) in [5.74, 6) is -0.704. The molecule has 0 saturated heterocycles. The zero-order valence-corrected chi connectivity index (χ0v) is 19.3. The molecule has 1 aromatic heterocycles. The molecule has 34 heavy (non-hydrogen) atoms. The molecule has 0 unspecified atom stereocenters. The van der Waals surface area contributed by atoms with E-state index in [0.29, 0.717) is 11.6 Å². The minimum Gasteiger partial charge on any atom is -0.320 e. The van der Waals surface area contributed by atoms with Crippen LogP contribution in [0.3, 0.4) is 0 Å². The first-order valence-corrected chi connectivity index (χ1v) is 10.9. The highest BCUT2D eigenvalue weighted by Crippen LogP contribution is 2.38. The van der Waals surface area contributed by atoms with Gasteiger partial charge in [0.2, 0.25) is 11.6 Å². The van der Waals surface area contributed by atoms with Gasteiger partial charge in [-0.25, -0.2) is 9.97 Å². The lowest BCUT2D eigenvalue weighted by molar-refractivity contribution is -0.383. The summed E-state index contributed by atoms with van der Waals surface area (Å²) in [7, 11) is 0. The average molecular weight is 497 g/mol. The van der Waals surface area contributed by atoms with E-state index in [0.717, 1.165) is 16.5 Å². The maximum Gasteiger partial charge on any atom is 0.355 e. The van der Waals surface area contributed by atoms with Crippen molar-refractivity contribution in [1.82, 2.24) is 15.4 Å². The monoisotopic (exact) mass is 496 g/mol. The first-order valence-electron chi connectivity index (χ1n) is 10.2. The van der Waals surface area contributed by atoms with Gasteiger partial charge in [-0.1, -0.05) is 59.6 Å². The molecule has 0 radical (unpaired) electrons. The third-order valence-electron chi connectivity index (χ3n) is 5.09. The number of carbonyl (C=O) groups is 1. The van der Waals surface area contributed by atoms with Gasteiger partial charge in [0.15, 0.2) is 0 Å². The molecule has 2 N–H and O–H groups in total. The van der Waals surface area contributed by atoms with E-state index in [4.69, 9.17) is 23.2 Å². The van der Waals surface area contributed by atoms with Crippen LogP contribution in [0.4, 0.5) is 23.0 Å². The van der Waals surface area contributed by atoms with E-state index in [2.05, 4.69) is 20.8 Å². The first kappa shape index (κ1) is 23.2. The average Bonchev–Trinajstić information content (AvgIpc) is 2.83. The van der Waals surface area contributed by atoms with Gasteiger partial charge in [0.1, 0.15) is 6.33 Å². The normalized spacial score (nSPS) is 10.7. The van der Waals surface area contributed by atoms with E-state index in [9.17, 15) is 14.9 Å². The fourth-order valence-corrected chi connectivity index (χ4v) is 4.06. The van der Waals surface area contributed by atoms with Crippen LogP contribution in [0.2, 0.25) is 10.0 Å². The van der Waals surface area contributed by atoms with Crippen LogP contribution in [0, 0.1) is 10.1 Å². The van der Waals surface area contributed by atoms with E-state index in [1.54, 1.807) is 4.90 Å². The molecule has 0 aliphatic heterocycles. The Balaban J connectivity index is 1.71. The van der Waals surface area contributed by atoms with Crippen molar-refractivity contribution >= 4 is 62.9 Å². The van der Waals surface area contributed by atoms with Crippen LogP contribution >= 0.6 is 23.2 Å². The summed E-state index contributed by atoms with van der Waals surface area (Å²) in [4.78, 5) is 33.9. The van der Waals surface area contributed by atoms with Crippen molar-refractivity contribution in [2.24, 2.45) is 0 Å². The molecule has 4 aromatic rings. The van der Waals surface area contributed by atoms with Crippen molar-refractivity contribution in [1.29, 1.82) is 0 Å². The van der Waals surface area contributed by atoms with Crippen molar-refractivity contribution in [3.05, 3.63) is 92.7 Å². The number of rotatable bonds is 7. The Morgan fingerprint density at radius 3 is 2.59 bits per heavy atom. The Labute approximate surface area is 204 Å². The second kappa shape index (κ2) is 9.90. The van der Waals surface area contributed by atoms with Gasteiger partial charge in [0.05, 0.1) is 21.2 Å². The smallest absolute Gasteiger partial charge is 0.320 e. The molecule has 172 valence electrons. The predicted octanol–water partition coefficient (Wildman–Crippen LogP) is 5.76. The number of benzene rings is 3. The van der Waals surface area contributed by atoms with Gasteiger partial charge in [-0.05, 0) is 36.6 Å². The Kier molecular flexibility index (Phi) is 6.76. The second-order valence-corrected chi connectivity index (χ2v) is 7.94. The second-order valence-electron chi connectivity index (χ2n) is 7.10. The third kappa shape index (κ3) is 4.57. The number of aromatic nitrogens is 2. The van der Waals surface area contributed by atoms with Crippen LogP contribution in [-0.4, -0.2) is 27.3 Å². The van der Waals surface area contributed by atoms with Crippen LogP contribution in [0.25, 0.3) is 10.8 Å². The molecular weight excluding hydrogens is 479 g/mol. The number of hydrazine groups is 1. The van der Waals surface area contributed by atoms with Crippen LogP contribution in [0.15, 0.2) is 67.0 Å². The van der Waals surface area contributed by atoms with Gasteiger partial charge >= 0.3 is 5.69 Å². The summed E-state index contributed by atoms with van der Waals surface area (Å²) in [5, 5.41) is 14.5. The molecular formula is C23H18Cl2N6O3. The summed E-state index contributed by atoms with van der Waals surface area (Å²) in [5.41, 5.74) is 5.43. The highest BCUT2D eigenvalue weighted by Gasteiger charge is 2.28. The molecule has 0 aliphatic rings. The molecule has 0 bridgehead atoms. The minimum absolute atomic E-state index is 0.0835. The Hall–Kier alpha value is -3.95. The number of nitrogens with zero attached hydrogens (tertiary/aromatic N) is 4. The Morgan fingerprint density at radius 1 is 1.09 bits per heavy atom. The SMILES string of the molecule is CCN(c1ncnc(NNC(=O)c2ccc(Cl)cc2Cl)c1[N+](=O)[O-])c1cccc2ccccc12. The van der Waals surface area contributed by atoms with Gasteiger partial charge < -0.3 is 4.90 Å². The molecule has 3 aromatic carbocycles. The van der Waals surface area contributed by atoms with Gasteiger partial charge in [-0.3, -0.25) is 25.8 Å². The third-order valence-corrected chi connectivity index (χ3v) is 5.63. The largest absolute Gasteiger partial charge is 0.355 e. The number of nitrogens with one attached hydrogen (secondary N) is 2. The van der Waals surface area contributed by atoms with Gasteiger partial charge in [-0.15, -0.1) is 0 Å². The summed E-state index contributed by atoms with van der Waals surface area (Å²) >= 11 is 11.9. The summed E-state index contributed by atoms with van der Waals surface area (Å²) in [6, 6.07) is 17.8. The number of hydrogen-bond acceptors (Lipinski definition) is 7. The molecule has 0 fully saturated rings. The number of hydrogen-bond donors (Lipinski definition) is 2. The maximum absolute atomic E-state index is 12.5. The number of nitro groups is 1. The lowest BCUT2D eigenvalue weighted by Gasteiger charge is -2.24. The lowest BCUT2D eigenvalue weighted by Crippen LogP contribution is -2.31. The van der Waals surface area contributed by atoms with E-state index < -0.39 is 10.8 Å². The number of fused-ring (bicyclic) bond motifs is 1. The van der Waals surface area contributed by atoms with E-state index in [1.807, 2.05) is 49.4 Å². The molecule has 0 saturated carbocycles. The predicted molar refractivity (Wildman–Crippen MR) is 133 cm³/mol. The zero-order chi connectivity index (χ0) is 24.2. The highest BCUT2D eigenvalue weighted by atomic mass is 35.5. The Morgan fingerprint density at radius 2 is 1.85 bits per heavy atom. The number of amides is 1. The van der Waals surface area contributed by atoms with Crippen LogP contribution in [0.1, 0.15) is 17.3 Å². The number of anilines is 3. The summed E-state index contributed by atoms with van der Waals surface area (Å²) in [6.45, 7) is 2.27. The Bertz CT molecular complexity index is 1390. The fraction of sp³-hybridized carbons (Fsp3) is 0.0870. The quantitative estimate of drug-likeness (QED) is 0.247. The molecule has 9 nitrogen and oxygen atoms in total. The standard InChI is InChI=1S/C23H18Cl2N6O3/c1-2-30(19-9-5-7-14-6-3-4-8-16(14)19)22-20(31(33)34)21(26-13-27-22)28-29-23(32)17-11-10-15(24)12-18(17)25/h3-13H,2H2,1H3,(H,29,32)(H,26,27,28). The fourth-order valence-electron chi connectivity index (χ4n) is 3.56. The van der Waals surface area contributed by atoms with E-state index >= 15 is 0 Å². The minimum atomic E-state index is -0.613. The van der Waals surface area contributed by atoms with Crippen LogP contribution in [0.5, 0.6) is 0 Å². The van der Waals surface area contributed by atoms with Crippen molar-refractivity contribution in [3.8, 4) is 0 Å². The number of carbonyl (C=O) groups excluding carboxylic acids is 1. The number of halogens is 2. The van der Waals surface area contributed by atoms with Crippen molar-refractivity contribution in [2.45, 2.75) is 6.92 Å². The zero-order valence-electron chi connectivity index (χ0n) is 17.8. The van der Waals surface area contributed by atoms with E-state index in [-0.39, 0.29) is 27.9 Å². The van der Waals surface area contributed by atoms with Crippen molar-refractivity contribution in [2.75, 3.05) is 16.9 Å². The molecule has 4 rings (SSSR count). The molecule has 0 aliphatic carbocycles. The molecule has 1 heterocycles. The first-order chi connectivity index (χ1) is 16.4.